The summed E-state index contributed by atoms with van der Waals surface area (Å²) in [6.45, 7) is 3.71. The molecule has 0 amide bonds. The third kappa shape index (κ3) is 2.61. The summed E-state index contributed by atoms with van der Waals surface area (Å²) in [7, 11) is 3.01. The first kappa shape index (κ1) is 14.0. The molecule has 4 nitrogen and oxygen atoms in total. The van der Waals surface area contributed by atoms with Crippen LogP contribution in [-0.4, -0.2) is 20.5 Å². The summed E-state index contributed by atoms with van der Waals surface area (Å²) in [6.07, 6.45) is 0.722. The fourth-order valence-electron chi connectivity index (χ4n) is 1.72. The zero-order valence-electron chi connectivity index (χ0n) is 10.3. The van der Waals surface area contributed by atoms with Gasteiger partial charge in [0.2, 0.25) is 0 Å². The summed E-state index contributed by atoms with van der Waals surface area (Å²) in [5, 5.41) is 0. The van der Waals surface area contributed by atoms with Crippen molar-refractivity contribution < 1.29 is 14.3 Å². The van der Waals surface area contributed by atoms with E-state index in [1.807, 2.05) is 13.8 Å². The number of nitrogens with two attached hydrogens (primary N) is 1. The van der Waals surface area contributed by atoms with Crippen LogP contribution < -0.4 is 15.2 Å². The molecule has 0 aliphatic heterocycles. The number of benzene rings is 1. The molecule has 0 saturated carbocycles. The van der Waals surface area contributed by atoms with Gasteiger partial charge in [0, 0.05) is 15.6 Å². The third-order valence-corrected chi connectivity index (χ3v) is 3.02. The van der Waals surface area contributed by atoms with Crippen LogP contribution in [0.5, 0.6) is 11.5 Å². The fourth-order valence-corrected chi connectivity index (χ4v) is 2.66. The average Bonchev–Trinajstić information content (AvgIpc) is 2.25. The summed E-state index contributed by atoms with van der Waals surface area (Å²) < 4.78 is 11.3. The minimum absolute atomic E-state index is 0.402. The minimum atomic E-state index is -0.612. The highest BCUT2D eigenvalue weighted by molar-refractivity contribution is 9.10. The van der Waals surface area contributed by atoms with Crippen LogP contribution in [0.3, 0.4) is 0 Å². The second-order valence-electron chi connectivity index (χ2n) is 4.23. The van der Waals surface area contributed by atoms with E-state index in [1.54, 1.807) is 6.07 Å². The van der Waals surface area contributed by atoms with Gasteiger partial charge < -0.3 is 15.2 Å². The van der Waals surface area contributed by atoms with Crippen LogP contribution in [0.1, 0.15) is 29.8 Å². The van der Waals surface area contributed by atoms with E-state index in [0.29, 0.717) is 17.1 Å². The lowest BCUT2D eigenvalue weighted by Crippen LogP contribution is -2.30. The number of methoxy groups -OCH3 is 2. The van der Waals surface area contributed by atoms with Gasteiger partial charge in [0.1, 0.15) is 0 Å². The zero-order chi connectivity index (χ0) is 13.2. The molecule has 0 saturated heterocycles. The van der Waals surface area contributed by atoms with E-state index in [4.69, 9.17) is 15.2 Å². The summed E-state index contributed by atoms with van der Waals surface area (Å²) in [6, 6.07) is 1.68. The number of aldehydes is 1. The Bertz CT molecular complexity index is 438. The molecule has 2 N–H and O–H groups in total. The largest absolute Gasteiger partial charge is 0.492 e. The molecular weight excluding hydrogens is 286 g/mol. The molecule has 0 radical (unpaired) electrons. The van der Waals surface area contributed by atoms with Crippen molar-refractivity contribution in [1.82, 2.24) is 0 Å². The van der Waals surface area contributed by atoms with Gasteiger partial charge in [-0.3, -0.25) is 4.79 Å². The van der Waals surface area contributed by atoms with Crippen molar-refractivity contribution in [2.75, 3.05) is 14.2 Å². The van der Waals surface area contributed by atoms with Crippen LogP contribution in [0.25, 0.3) is 0 Å². The van der Waals surface area contributed by atoms with E-state index in [9.17, 15) is 4.79 Å². The van der Waals surface area contributed by atoms with E-state index in [2.05, 4.69) is 15.9 Å². The highest BCUT2D eigenvalue weighted by Gasteiger charge is 2.27. The van der Waals surface area contributed by atoms with Gasteiger partial charge in [0.05, 0.1) is 19.8 Å². The van der Waals surface area contributed by atoms with Crippen LogP contribution in [0.2, 0.25) is 0 Å². The molecule has 5 heteroatoms. The van der Waals surface area contributed by atoms with E-state index >= 15 is 0 Å². The quantitative estimate of drug-likeness (QED) is 0.868. The maximum absolute atomic E-state index is 11.0. The van der Waals surface area contributed by atoms with Gasteiger partial charge in [0.15, 0.2) is 17.8 Å². The highest BCUT2D eigenvalue weighted by atomic mass is 79.9. The van der Waals surface area contributed by atoms with Crippen LogP contribution >= 0.6 is 15.9 Å². The number of hydrogen-bond acceptors (Lipinski definition) is 4. The van der Waals surface area contributed by atoms with Crippen molar-refractivity contribution in [1.29, 1.82) is 0 Å². The number of ether oxygens (including phenoxy) is 2. The first-order chi connectivity index (χ1) is 7.86. The standard InChI is InChI=1S/C12H16BrNO3/c1-12(2,14)9-8(13)5-7(6-15)10(16-3)11(9)17-4/h5-6H,14H2,1-4H3. The van der Waals surface area contributed by atoms with Gasteiger partial charge in [-0.05, 0) is 19.9 Å². The third-order valence-electron chi connectivity index (χ3n) is 2.40. The predicted octanol–water partition coefficient (Wildman–Crippen LogP) is 2.47. The number of carbonyl (C=O) groups is 1. The number of carbonyl (C=O) groups excluding carboxylic acids is 1. The first-order valence-electron chi connectivity index (χ1n) is 5.05. The predicted molar refractivity (Wildman–Crippen MR) is 69.8 cm³/mol. The van der Waals surface area contributed by atoms with Crippen molar-refractivity contribution in [3.05, 3.63) is 21.7 Å². The van der Waals surface area contributed by atoms with Crippen molar-refractivity contribution in [3.8, 4) is 11.5 Å². The SMILES string of the molecule is COc1c(C=O)cc(Br)c(C(C)(C)N)c1OC. The lowest BCUT2D eigenvalue weighted by molar-refractivity contribution is 0.111. The number of rotatable bonds is 4. The molecule has 0 atom stereocenters. The van der Waals surface area contributed by atoms with Crippen LogP contribution in [0.15, 0.2) is 10.5 Å². The Labute approximate surface area is 109 Å². The minimum Gasteiger partial charge on any atom is -0.492 e. The normalized spacial score (nSPS) is 11.2. The Morgan fingerprint density at radius 2 is 1.82 bits per heavy atom. The smallest absolute Gasteiger partial charge is 0.171 e. The van der Waals surface area contributed by atoms with Crippen molar-refractivity contribution in [2.45, 2.75) is 19.4 Å². The summed E-state index contributed by atoms with van der Waals surface area (Å²) in [4.78, 5) is 11.0. The molecule has 0 unspecified atom stereocenters. The molecule has 1 rings (SSSR count). The van der Waals surface area contributed by atoms with E-state index in [0.717, 1.165) is 16.3 Å². The van der Waals surface area contributed by atoms with E-state index in [1.165, 1.54) is 14.2 Å². The molecule has 1 aromatic rings. The van der Waals surface area contributed by atoms with Gasteiger partial charge >= 0.3 is 0 Å². The Morgan fingerprint density at radius 1 is 1.29 bits per heavy atom. The summed E-state index contributed by atoms with van der Waals surface area (Å²) >= 11 is 3.40. The molecule has 0 aliphatic rings. The average molecular weight is 302 g/mol. The van der Waals surface area contributed by atoms with Gasteiger partial charge in [-0.25, -0.2) is 0 Å². The van der Waals surface area contributed by atoms with Crippen molar-refractivity contribution in [2.24, 2.45) is 5.73 Å². The second kappa shape index (κ2) is 5.06. The molecule has 0 aromatic heterocycles. The number of hydrogen-bond donors (Lipinski definition) is 1. The topological polar surface area (TPSA) is 61.5 Å². The van der Waals surface area contributed by atoms with Gasteiger partial charge in [-0.15, -0.1) is 0 Å². The van der Waals surface area contributed by atoms with Crippen LogP contribution in [0.4, 0.5) is 0 Å². The molecule has 0 aliphatic carbocycles. The van der Waals surface area contributed by atoms with Crippen molar-refractivity contribution in [3.63, 3.8) is 0 Å². The molecule has 0 heterocycles. The monoisotopic (exact) mass is 301 g/mol. The fraction of sp³-hybridized carbons (Fsp3) is 0.417. The Balaban J connectivity index is 3.67. The van der Waals surface area contributed by atoms with Gasteiger partial charge in [0.25, 0.3) is 0 Å². The van der Waals surface area contributed by atoms with Crippen molar-refractivity contribution >= 4 is 22.2 Å². The molecule has 1 aromatic carbocycles. The zero-order valence-corrected chi connectivity index (χ0v) is 11.9. The van der Waals surface area contributed by atoms with E-state index < -0.39 is 5.54 Å². The molecule has 17 heavy (non-hydrogen) atoms. The highest BCUT2D eigenvalue weighted by Crippen LogP contribution is 2.43. The van der Waals surface area contributed by atoms with Crippen LogP contribution in [-0.2, 0) is 5.54 Å². The Kier molecular flexibility index (Phi) is 4.16. The Morgan fingerprint density at radius 3 is 2.18 bits per heavy atom. The molecular formula is C12H16BrNO3. The van der Waals surface area contributed by atoms with Crippen LogP contribution in [0, 0.1) is 0 Å². The maximum Gasteiger partial charge on any atom is 0.171 e. The first-order valence-corrected chi connectivity index (χ1v) is 5.85. The van der Waals surface area contributed by atoms with Gasteiger partial charge in [-0.1, -0.05) is 15.9 Å². The Hall–Kier alpha value is -1.07. The number of halogens is 1. The maximum atomic E-state index is 11.0. The van der Waals surface area contributed by atoms with E-state index in [-0.39, 0.29) is 0 Å². The molecule has 0 fully saturated rings. The summed E-state index contributed by atoms with van der Waals surface area (Å²) in [5.74, 6) is 0.885. The molecule has 94 valence electrons. The second-order valence-corrected chi connectivity index (χ2v) is 5.08. The lowest BCUT2D eigenvalue weighted by atomic mass is 9.93. The molecule has 0 bridgehead atoms. The van der Waals surface area contributed by atoms with Gasteiger partial charge in [-0.2, -0.15) is 0 Å². The summed E-state index contributed by atoms with van der Waals surface area (Å²) in [5.41, 5.74) is 6.67. The molecule has 0 spiro atoms. The lowest BCUT2D eigenvalue weighted by Gasteiger charge is -2.25.